The maximum atomic E-state index is 12.0. The van der Waals surface area contributed by atoms with Crippen molar-refractivity contribution in [2.24, 2.45) is 0 Å². The zero-order valence-electron chi connectivity index (χ0n) is 16.4. The van der Waals surface area contributed by atoms with Gasteiger partial charge >= 0.3 is 6.18 Å². The summed E-state index contributed by atoms with van der Waals surface area (Å²) in [6.45, 7) is 10.8. The van der Waals surface area contributed by atoms with Gasteiger partial charge in [0.1, 0.15) is 11.8 Å². The van der Waals surface area contributed by atoms with Gasteiger partial charge in [-0.1, -0.05) is 6.07 Å². The standard InChI is InChI=1S/C13H19BrN2O.C7H6F3N/c1-13(2,3)16-6-7-17-12(9-16)11-5-4-10(14)8-15-11;1-5-3-2-4-11-6(5)7(8,9)10/h4-5,8,12H,6-7,9H2,1-3H3;2-4H,1H3. The SMILES string of the molecule is CC(C)(C)N1CCOC(c2ccc(Br)cn2)C1.Cc1cccnc1C(F)(F)F. The van der Waals surface area contributed by atoms with Gasteiger partial charge < -0.3 is 4.74 Å². The molecule has 3 heterocycles. The molecule has 4 nitrogen and oxygen atoms in total. The molecule has 0 radical (unpaired) electrons. The zero-order valence-corrected chi connectivity index (χ0v) is 18.0. The molecule has 0 amide bonds. The summed E-state index contributed by atoms with van der Waals surface area (Å²) in [5.74, 6) is 0. The molecule has 1 unspecified atom stereocenters. The number of nitrogens with zero attached hydrogens (tertiary/aromatic N) is 3. The van der Waals surface area contributed by atoms with Crippen molar-refractivity contribution in [2.45, 2.75) is 45.5 Å². The molecule has 3 rings (SSSR count). The van der Waals surface area contributed by atoms with Crippen molar-refractivity contribution >= 4 is 15.9 Å². The molecule has 1 aliphatic rings. The van der Waals surface area contributed by atoms with Crippen LogP contribution < -0.4 is 0 Å². The minimum Gasteiger partial charge on any atom is -0.369 e. The number of halogens is 4. The zero-order chi connectivity index (χ0) is 20.9. The van der Waals surface area contributed by atoms with Crippen LogP contribution in [0, 0.1) is 6.92 Å². The lowest BCUT2D eigenvalue weighted by Crippen LogP contribution is -2.49. The lowest BCUT2D eigenvalue weighted by molar-refractivity contribution is -0.141. The fourth-order valence-electron chi connectivity index (χ4n) is 2.80. The van der Waals surface area contributed by atoms with Gasteiger partial charge in [0.05, 0.1) is 12.3 Å². The Morgan fingerprint density at radius 1 is 1.14 bits per heavy atom. The van der Waals surface area contributed by atoms with Gasteiger partial charge in [-0.3, -0.25) is 14.9 Å². The van der Waals surface area contributed by atoms with Crippen LogP contribution in [0.1, 0.15) is 43.8 Å². The van der Waals surface area contributed by atoms with Crippen LogP contribution in [0.5, 0.6) is 0 Å². The summed E-state index contributed by atoms with van der Waals surface area (Å²) in [7, 11) is 0. The van der Waals surface area contributed by atoms with E-state index in [-0.39, 0.29) is 17.2 Å². The number of aryl methyl sites for hydroxylation is 1. The van der Waals surface area contributed by atoms with Crippen LogP contribution in [-0.4, -0.2) is 40.1 Å². The second kappa shape index (κ2) is 9.33. The highest BCUT2D eigenvalue weighted by molar-refractivity contribution is 9.10. The van der Waals surface area contributed by atoms with Crippen molar-refractivity contribution < 1.29 is 17.9 Å². The monoisotopic (exact) mass is 459 g/mol. The van der Waals surface area contributed by atoms with Gasteiger partial charge in [0.2, 0.25) is 0 Å². The maximum absolute atomic E-state index is 12.0. The molecule has 1 aliphatic heterocycles. The molecular weight excluding hydrogens is 435 g/mol. The Morgan fingerprint density at radius 3 is 2.36 bits per heavy atom. The second-order valence-electron chi connectivity index (χ2n) is 7.54. The lowest BCUT2D eigenvalue weighted by atomic mass is 10.0. The van der Waals surface area contributed by atoms with E-state index in [0.717, 1.165) is 36.1 Å². The van der Waals surface area contributed by atoms with Gasteiger partial charge in [-0.15, -0.1) is 0 Å². The molecule has 0 bridgehead atoms. The molecule has 1 fully saturated rings. The minimum absolute atomic E-state index is 0.0936. The Morgan fingerprint density at radius 2 is 1.86 bits per heavy atom. The highest BCUT2D eigenvalue weighted by Crippen LogP contribution is 2.29. The Labute approximate surface area is 172 Å². The summed E-state index contributed by atoms with van der Waals surface area (Å²) in [4.78, 5) is 10.1. The highest BCUT2D eigenvalue weighted by Gasteiger charge is 2.33. The molecule has 8 heteroatoms. The predicted octanol–water partition coefficient (Wildman–Crippen LogP) is 5.42. The molecule has 1 saturated heterocycles. The van der Waals surface area contributed by atoms with E-state index in [4.69, 9.17) is 4.74 Å². The van der Waals surface area contributed by atoms with Crippen molar-refractivity contribution in [2.75, 3.05) is 19.7 Å². The molecule has 0 saturated carbocycles. The summed E-state index contributed by atoms with van der Waals surface area (Å²) in [5.41, 5.74) is 0.555. The Kier molecular flexibility index (Phi) is 7.59. The van der Waals surface area contributed by atoms with Crippen LogP contribution >= 0.6 is 15.9 Å². The average Bonchev–Trinajstić information content (AvgIpc) is 2.62. The van der Waals surface area contributed by atoms with Gasteiger partial charge in [0, 0.05) is 35.5 Å². The van der Waals surface area contributed by atoms with E-state index in [9.17, 15) is 13.2 Å². The van der Waals surface area contributed by atoms with Gasteiger partial charge in [0.15, 0.2) is 0 Å². The van der Waals surface area contributed by atoms with E-state index < -0.39 is 11.9 Å². The van der Waals surface area contributed by atoms with Gasteiger partial charge in [-0.2, -0.15) is 13.2 Å². The molecular formula is C20H25BrF3N3O. The Bertz CT molecular complexity index is 761. The number of rotatable bonds is 1. The first-order valence-corrected chi connectivity index (χ1v) is 9.74. The van der Waals surface area contributed by atoms with E-state index in [1.807, 2.05) is 18.3 Å². The van der Waals surface area contributed by atoms with Crippen molar-refractivity contribution in [3.05, 3.63) is 58.1 Å². The van der Waals surface area contributed by atoms with Crippen LogP contribution in [0.3, 0.4) is 0 Å². The van der Waals surface area contributed by atoms with Gasteiger partial charge in [0.25, 0.3) is 0 Å². The molecule has 0 aliphatic carbocycles. The van der Waals surface area contributed by atoms with E-state index >= 15 is 0 Å². The summed E-state index contributed by atoms with van der Waals surface area (Å²) in [5, 5.41) is 0. The third-order valence-corrected chi connectivity index (χ3v) is 4.84. The summed E-state index contributed by atoms with van der Waals surface area (Å²) in [6, 6.07) is 6.91. The summed E-state index contributed by atoms with van der Waals surface area (Å²) >= 11 is 3.40. The topological polar surface area (TPSA) is 38.2 Å². The number of aromatic nitrogens is 2. The predicted molar refractivity (Wildman–Crippen MR) is 106 cm³/mol. The molecule has 2 aromatic rings. The van der Waals surface area contributed by atoms with Gasteiger partial charge in [-0.05, 0) is 67.4 Å². The van der Waals surface area contributed by atoms with E-state index in [2.05, 4.69) is 51.6 Å². The van der Waals surface area contributed by atoms with Crippen LogP contribution in [0.15, 0.2) is 41.1 Å². The van der Waals surface area contributed by atoms with Crippen LogP contribution in [0.4, 0.5) is 13.2 Å². The number of morpholine rings is 1. The Balaban J connectivity index is 0.000000221. The first kappa shape index (κ1) is 22.8. The maximum Gasteiger partial charge on any atom is 0.433 e. The lowest BCUT2D eigenvalue weighted by Gasteiger charge is -2.41. The van der Waals surface area contributed by atoms with E-state index in [1.165, 1.54) is 19.1 Å². The fraction of sp³-hybridized carbons (Fsp3) is 0.500. The normalized spacial score (nSPS) is 18.4. The molecule has 0 N–H and O–H groups in total. The molecule has 2 aromatic heterocycles. The molecule has 0 spiro atoms. The minimum atomic E-state index is -4.33. The first-order chi connectivity index (χ1) is 13.0. The van der Waals surface area contributed by atoms with Crippen LogP contribution in [0.25, 0.3) is 0 Å². The van der Waals surface area contributed by atoms with E-state index in [1.54, 1.807) is 0 Å². The highest BCUT2D eigenvalue weighted by atomic mass is 79.9. The number of pyridine rings is 2. The second-order valence-corrected chi connectivity index (χ2v) is 8.46. The number of hydrogen-bond acceptors (Lipinski definition) is 4. The van der Waals surface area contributed by atoms with Crippen LogP contribution in [-0.2, 0) is 10.9 Å². The van der Waals surface area contributed by atoms with Crippen molar-refractivity contribution in [1.82, 2.24) is 14.9 Å². The molecule has 28 heavy (non-hydrogen) atoms. The third-order valence-electron chi connectivity index (χ3n) is 4.37. The number of ether oxygens (including phenoxy) is 1. The smallest absolute Gasteiger partial charge is 0.369 e. The quantitative estimate of drug-likeness (QED) is 0.570. The van der Waals surface area contributed by atoms with Gasteiger partial charge in [-0.25, -0.2) is 0 Å². The molecule has 0 aromatic carbocycles. The van der Waals surface area contributed by atoms with Crippen molar-refractivity contribution in [3.8, 4) is 0 Å². The Hall–Kier alpha value is -1.51. The van der Waals surface area contributed by atoms with Crippen LogP contribution in [0.2, 0.25) is 0 Å². The van der Waals surface area contributed by atoms with E-state index in [0.29, 0.717) is 0 Å². The number of hydrogen-bond donors (Lipinski definition) is 0. The first-order valence-electron chi connectivity index (χ1n) is 8.95. The number of alkyl halides is 3. The van der Waals surface area contributed by atoms with Crippen molar-refractivity contribution in [3.63, 3.8) is 0 Å². The largest absolute Gasteiger partial charge is 0.433 e. The van der Waals surface area contributed by atoms with Crippen molar-refractivity contribution in [1.29, 1.82) is 0 Å². The average molecular weight is 460 g/mol. The fourth-order valence-corrected chi connectivity index (χ4v) is 3.03. The summed E-state index contributed by atoms with van der Waals surface area (Å²) in [6.07, 6.45) is -1.27. The molecule has 154 valence electrons. The molecule has 1 atom stereocenters. The third kappa shape index (κ3) is 6.53. The summed E-state index contributed by atoms with van der Waals surface area (Å²) < 4.78 is 42.8.